The molecule has 0 aliphatic carbocycles. The number of carbonyl (C=O) groups is 3. The molecule has 0 bridgehead atoms. The molecule has 0 saturated carbocycles. The molecule has 392 valence electrons. The lowest BCUT2D eigenvalue weighted by molar-refractivity contribution is -0.166. The molecule has 0 rings (SSSR count). The number of ether oxygens (including phenoxy) is 3. The highest BCUT2D eigenvalue weighted by atomic mass is 16.6. The Labute approximate surface area is 425 Å². The lowest BCUT2D eigenvalue weighted by Gasteiger charge is -2.18. The van der Waals surface area contributed by atoms with Gasteiger partial charge in [-0.25, -0.2) is 0 Å². The van der Waals surface area contributed by atoms with Crippen molar-refractivity contribution in [1.82, 2.24) is 0 Å². The molecule has 0 aromatic heterocycles. The lowest BCUT2D eigenvalue weighted by atomic mass is 10.1. The van der Waals surface area contributed by atoms with Crippen molar-refractivity contribution in [1.29, 1.82) is 0 Å². The van der Waals surface area contributed by atoms with Crippen LogP contribution < -0.4 is 0 Å². The summed E-state index contributed by atoms with van der Waals surface area (Å²) >= 11 is 0. The van der Waals surface area contributed by atoms with E-state index in [2.05, 4.69) is 118 Å². The van der Waals surface area contributed by atoms with Crippen LogP contribution in [0.1, 0.15) is 252 Å². The fraction of sp³-hybridized carbons (Fsp3) is 0.667. The van der Waals surface area contributed by atoms with Crippen molar-refractivity contribution in [3.8, 4) is 0 Å². The fourth-order valence-electron chi connectivity index (χ4n) is 7.56. The smallest absolute Gasteiger partial charge is 0.306 e. The molecule has 0 aromatic carbocycles. The van der Waals surface area contributed by atoms with Gasteiger partial charge in [-0.1, -0.05) is 233 Å². The first kappa shape index (κ1) is 65.1. The molecule has 0 radical (unpaired) electrons. The van der Waals surface area contributed by atoms with E-state index in [0.717, 1.165) is 103 Å². The van der Waals surface area contributed by atoms with Crippen molar-refractivity contribution in [2.24, 2.45) is 0 Å². The molecule has 69 heavy (non-hydrogen) atoms. The second kappa shape index (κ2) is 56.7. The highest BCUT2D eigenvalue weighted by Crippen LogP contribution is 2.14. The van der Waals surface area contributed by atoms with Crippen molar-refractivity contribution in [2.45, 2.75) is 258 Å². The number of allylic oxidation sites excluding steroid dienone is 18. The Morgan fingerprint density at radius 3 is 0.957 bits per heavy atom. The average Bonchev–Trinajstić information content (AvgIpc) is 3.35. The number of hydrogen-bond acceptors (Lipinski definition) is 6. The predicted octanol–water partition coefficient (Wildman–Crippen LogP) is 19.1. The number of carbonyl (C=O) groups excluding carboxylic acids is 3. The first-order valence-electron chi connectivity index (χ1n) is 28.4. The zero-order chi connectivity index (χ0) is 50.0. The van der Waals surface area contributed by atoms with E-state index in [4.69, 9.17) is 14.2 Å². The molecule has 0 amide bonds. The van der Waals surface area contributed by atoms with Crippen LogP contribution in [0.3, 0.4) is 0 Å². The summed E-state index contributed by atoms with van der Waals surface area (Å²) in [7, 11) is 0. The van der Waals surface area contributed by atoms with Crippen LogP contribution in [-0.2, 0) is 28.6 Å². The molecule has 1 atom stereocenters. The van der Waals surface area contributed by atoms with Gasteiger partial charge < -0.3 is 14.2 Å². The molecule has 0 aliphatic rings. The van der Waals surface area contributed by atoms with Gasteiger partial charge in [0.15, 0.2) is 6.10 Å². The summed E-state index contributed by atoms with van der Waals surface area (Å²) in [4.78, 5) is 38.1. The third-order valence-electron chi connectivity index (χ3n) is 11.8. The summed E-state index contributed by atoms with van der Waals surface area (Å²) in [5.41, 5.74) is 0. The zero-order valence-corrected chi connectivity index (χ0v) is 44.8. The number of esters is 3. The van der Waals surface area contributed by atoms with E-state index in [0.29, 0.717) is 19.3 Å². The van der Waals surface area contributed by atoms with Crippen molar-refractivity contribution in [3.63, 3.8) is 0 Å². The van der Waals surface area contributed by atoms with Gasteiger partial charge in [0.05, 0.1) is 0 Å². The summed E-state index contributed by atoms with van der Waals surface area (Å²) in [6.45, 7) is 6.34. The molecule has 6 nitrogen and oxygen atoms in total. The average molecular weight is 958 g/mol. The van der Waals surface area contributed by atoms with E-state index in [9.17, 15) is 14.4 Å². The topological polar surface area (TPSA) is 78.9 Å². The minimum atomic E-state index is -0.827. The van der Waals surface area contributed by atoms with E-state index >= 15 is 0 Å². The minimum absolute atomic E-state index is 0.115. The highest BCUT2D eigenvalue weighted by Gasteiger charge is 2.19. The Bertz CT molecular complexity index is 1420. The van der Waals surface area contributed by atoms with E-state index in [1.807, 2.05) is 12.2 Å². The van der Waals surface area contributed by atoms with E-state index in [-0.39, 0.29) is 31.6 Å². The predicted molar refractivity (Wildman–Crippen MR) is 297 cm³/mol. The minimum Gasteiger partial charge on any atom is -0.462 e. The number of hydrogen-bond donors (Lipinski definition) is 0. The van der Waals surface area contributed by atoms with E-state index in [1.54, 1.807) is 0 Å². The quantitative estimate of drug-likeness (QED) is 0.0262. The molecule has 0 N–H and O–H groups in total. The normalized spacial score (nSPS) is 12.9. The van der Waals surface area contributed by atoms with Crippen LogP contribution in [0.5, 0.6) is 0 Å². The Morgan fingerprint density at radius 1 is 0.304 bits per heavy atom. The van der Waals surface area contributed by atoms with Gasteiger partial charge >= 0.3 is 17.9 Å². The second-order valence-electron chi connectivity index (χ2n) is 18.4. The Balaban J connectivity index is 4.50. The van der Waals surface area contributed by atoms with Crippen LogP contribution in [0.25, 0.3) is 0 Å². The van der Waals surface area contributed by atoms with Gasteiger partial charge in [0.25, 0.3) is 0 Å². The van der Waals surface area contributed by atoms with Crippen LogP contribution in [0.2, 0.25) is 0 Å². The molecular formula is C63H104O6. The summed E-state index contributed by atoms with van der Waals surface area (Å²) in [6.07, 6.45) is 76.6. The van der Waals surface area contributed by atoms with Gasteiger partial charge in [-0.2, -0.15) is 0 Å². The molecule has 0 aromatic rings. The summed E-state index contributed by atoms with van der Waals surface area (Å²) in [5, 5.41) is 0. The van der Waals surface area contributed by atoms with Crippen molar-refractivity contribution in [3.05, 3.63) is 109 Å². The van der Waals surface area contributed by atoms with Crippen molar-refractivity contribution in [2.75, 3.05) is 13.2 Å². The Hall–Kier alpha value is -3.93. The highest BCUT2D eigenvalue weighted by molar-refractivity contribution is 5.71. The van der Waals surface area contributed by atoms with Crippen LogP contribution >= 0.6 is 0 Å². The van der Waals surface area contributed by atoms with Crippen LogP contribution in [0, 0.1) is 0 Å². The second-order valence-corrected chi connectivity index (χ2v) is 18.4. The molecule has 6 heteroatoms. The molecule has 0 saturated heterocycles. The molecule has 0 heterocycles. The molecule has 1 unspecified atom stereocenters. The first-order chi connectivity index (χ1) is 34.0. The third-order valence-corrected chi connectivity index (χ3v) is 11.8. The van der Waals surface area contributed by atoms with Crippen molar-refractivity contribution < 1.29 is 28.6 Å². The summed E-state index contributed by atoms with van der Waals surface area (Å²) in [5.74, 6) is -1.02. The maximum atomic E-state index is 12.8. The summed E-state index contributed by atoms with van der Waals surface area (Å²) < 4.78 is 16.8. The maximum absolute atomic E-state index is 12.8. The largest absolute Gasteiger partial charge is 0.462 e. The van der Waals surface area contributed by atoms with Crippen LogP contribution in [0.15, 0.2) is 109 Å². The number of unbranched alkanes of at least 4 members (excludes halogenated alkanes) is 21. The maximum Gasteiger partial charge on any atom is 0.306 e. The Kier molecular flexibility index (Phi) is 53.4. The van der Waals surface area contributed by atoms with Gasteiger partial charge in [0.1, 0.15) is 13.2 Å². The van der Waals surface area contributed by atoms with Gasteiger partial charge in [0.2, 0.25) is 0 Å². The standard InChI is InChI=1S/C63H104O6/c1-4-7-10-13-16-19-22-25-28-31-32-33-36-38-41-44-47-50-53-56-62(65)68-59-60(69-63(66)57-54-51-48-45-42-39-35-30-27-24-21-18-15-12-9-6-3)58-67-61(64)55-52-49-46-43-40-37-34-29-26-23-20-17-14-11-8-5-2/h8-9,11-12,17-18,20-21,26-27,29-32,39,42,48,51,60H,4-7,10,13-16,19,22-25,28,33-38,40-41,43-47,49-50,52-59H2,1-3H3/b11-8-,12-9-,20-17-,21-18-,29-26-,30-27-,32-31-,42-39-,51-48-. The molecule has 0 spiro atoms. The zero-order valence-electron chi connectivity index (χ0n) is 44.8. The van der Waals surface area contributed by atoms with E-state index in [1.165, 1.54) is 103 Å². The molecular weight excluding hydrogens is 853 g/mol. The van der Waals surface area contributed by atoms with Crippen LogP contribution in [-0.4, -0.2) is 37.2 Å². The monoisotopic (exact) mass is 957 g/mol. The van der Waals surface area contributed by atoms with E-state index < -0.39 is 12.1 Å². The molecule has 0 fully saturated rings. The van der Waals surface area contributed by atoms with Gasteiger partial charge in [-0.15, -0.1) is 0 Å². The van der Waals surface area contributed by atoms with Crippen molar-refractivity contribution >= 4 is 17.9 Å². The number of rotatable bonds is 50. The Morgan fingerprint density at radius 2 is 0.594 bits per heavy atom. The van der Waals surface area contributed by atoms with Gasteiger partial charge in [-0.3, -0.25) is 14.4 Å². The summed E-state index contributed by atoms with van der Waals surface area (Å²) in [6, 6.07) is 0. The first-order valence-corrected chi connectivity index (χ1v) is 28.4. The van der Waals surface area contributed by atoms with Gasteiger partial charge in [-0.05, 0) is 109 Å². The lowest BCUT2D eigenvalue weighted by Crippen LogP contribution is -2.30. The SMILES string of the molecule is CC/C=C\C/C=C\C/C=C\C/C=C\C/C=C\CCC(=O)OC(COC(=O)CCCCCCCC/C=C\C/C=C\C/C=C\CC)COC(=O)CCCCCCCCC/C=C\CCCCCCCCCC. The fourth-order valence-corrected chi connectivity index (χ4v) is 7.56. The van der Waals surface area contributed by atoms with Crippen LogP contribution in [0.4, 0.5) is 0 Å². The molecule has 0 aliphatic heterocycles. The third kappa shape index (κ3) is 54.9. The van der Waals surface area contributed by atoms with Gasteiger partial charge in [0, 0.05) is 19.3 Å².